The molecule has 25 heavy (non-hydrogen) atoms. The van der Waals surface area contributed by atoms with E-state index in [0.29, 0.717) is 6.54 Å². The van der Waals surface area contributed by atoms with Crippen LogP contribution in [-0.2, 0) is 4.79 Å². The molecule has 0 unspecified atom stereocenters. The fraction of sp³-hybridized carbons (Fsp3) is 0.200. The molecule has 5 heteroatoms. The first kappa shape index (κ1) is 16.9. The molecule has 0 aliphatic carbocycles. The van der Waals surface area contributed by atoms with E-state index in [0.717, 1.165) is 18.5 Å². The molecule has 3 N–H and O–H groups in total. The van der Waals surface area contributed by atoms with Crippen LogP contribution in [0.5, 0.6) is 0 Å². The van der Waals surface area contributed by atoms with Gasteiger partial charge in [-0.15, -0.1) is 0 Å². The number of hydrogen-bond donors (Lipinski definition) is 2. The quantitative estimate of drug-likeness (QED) is 0.902. The molecule has 0 saturated heterocycles. The van der Waals surface area contributed by atoms with Gasteiger partial charge in [0.1, 0.15) is 6.04 Å². The van der Waals surface area contributed by atoms with Gasteiger partial charge in [-0.25, -0.2) is 4.79 Å². The summed E-state index contributed by atoms with van der Waals surface area (Å²) in [6.07, 6.45) is 2.99. The number of primary amides is 1. The number of carbonyl (C=O) groups excluding carboxylic acids is 2. The molecule has 0 bridgehead atoms. The van der Waals surface area contributed by atoms with Crippen LogP contribution in [0.3, 0.4) is 0 Å². The molecule has 1 heterocycles. The van der Waals surface area contributed by atoms with Crippen molar-refractivity contribution in [1.82, 2.24) is 10.2 Å². The van der Waals surface area contributed by atoms with E-state index in [-0.39, 0.29) is 0 Å². The van der Waals surface area contributed by atoms with Crippen LogP contribution < -0.4 is 11.1 Å². The third kappa shape index (κ3) is 4.14. The number of carbonyl (C=O) groups is 2. The Kier molecular flexibility index (Phi) is 5.26. The monoisotopic (exact) mass is 335 g/mol. The molecule has 128 valence electrons. The second-order valence-electron chi connectivity index (χ2n) is 6.01. The van der Waals surface area contributed by atoms with Gasteiger partial charge in [0.05, 0.1) is 0 Å². The lowest BCUT2D eigenvalue weighted by Crippen LogP contribution is -2.45. The molecular weight excluding hydrogens is 314 g/mol. The Balaban J connectivity index is 1.82. The second-order valence-corrected chi connectivity index (χ2v) is 6.01. The van der Waals surface area contributed by atoms with Crippen molar-refractivity contribution in [3.8, 4) is 0 Å². The fourth-order valence-corrected chi connectivity index (χ4v) is 3.19. The summed E-state index contributed by atoms with van der Waals surface area (Å²) in [7, 11) is 0. The number of imide groups is 1. The number of nitrogens with two attached hydrogens (primary N) is 1. The maximum atomic E-state index is 12.5. The summed E-state index contributed by atoms with van der Waals surface area (Å²) in [4.78, 5) is 25.7. The molecule has 3 amide bonds. The molecule has 0 spiro atoms. The molecule has 1 atom stereocenters. The number of amides is 3. The number of rotatable bonds is 4. The zero-order valence-electron chi connectivity index (χ0n) is 13.9. The van der Waals surface area contributed by atoms with E-state index in [1.807, 2.05) is 48.5 Å². The van der Waals surface area contributed by atoms with E-state index in [4.69, 9.17) is 5.73 Å². The van der Waals surface area contributed by atoms with Gasteiger partial charge in [0.15, 0.2) is 0 Å². The Bertz CT molecular complexity index is 772. The van der Waals surface area contributed by atoms with Gasteiger partial charge in [-0.05, 0) is 23.1 Å². The van der Waals surface area contributed by atoms with Gasteiger partial charge in [-0.2, -0.15) is 0 Å². The normalized spacial score (nSPS) is 15.9. The van der Waals surface area contributed by atoms with Crippen molar-refractivity contribution in [2.45, 2.75) is 12.5 Å². The van der Waals surface area contributed by atoms with Crippen LogP contribution in [0.2, 0.25) is 0 Å². The molecular formula is C20H21N3O2. The first-order chi connectivity index (χ1) is 12.1. The summed E-state index contributed by atoms with van der Waals surface area (Å²) in [6, 6.07) is 18.3. The Morgan fingerprint density at radius 2 is 1.64 bits per heavy atom. The molecule has 1 aliphatic heterocycles. The lowest BCUT2D eigenvalue weighted by molar-refractivity contribution is -0.125. The number of hydrogen-bond acceptors (Lipinski definition) is 3. The summed E-state index contributed by atoms with van der Waals surface area (Å²) in [5, 5.41) is 2.22. The Labute approximate surface area is 147 Å². The minimum Gasteiger partial charge on any atom is -0.351 e. The van der Waals surface area contributed by atoms with Crippen LogP contribution in [0.25, 0.3) is 5.57 Å². The largest absolute Gasteiger partial charge is 0.351 e. The van der Waals surface area contributed by atoms with Gasteiger partial charge in [0.25, 0.3) is 0 Å². The lowest BCUT2D eigenvalue weighted by atomic mass is 9.96. The minimum absolute atomic E-state index is 0.393. The van der Waals surface area contributed by atoms with Crippen molar-refractivity contribution in [2.75, 3.05) is 13.1 Å². The third-order valence-corrected chi connectivity index (χ3v) is 4.36. The van der Waals surface area contributed by atoms with E-state index < -0.39 is 18.0 Å². The van der Waals surface area contributed by atoms with Gasteiger partial charge in [-0.1, -0.05) is 66.7 Å². The van der Waals surface area contributed by atoms with Gasteiger partial charge >= 0.3 is 6.03 Å². The Morgan fingerprint density at radius 3 is 2.20 bits per heavy atom. The lowest BCUT2D eigenvalue weighted by Gasteiger charge is -2.33. The highest BCUT2D eigenvalue weighted by Gasteiger charge is 2.29. The standard InChI is InChI=1S/C20H21N3O2/c21-20(25)22-19(24)18(17-9-5-2-6-10-17)23-13-11-16(12-14-23)15-7-3-1-4-8-15/h1-11,18H,12-14H2,(H3,21,22,24,25)/t18-/m0/s1. The van der Waals surface area contributed by atoms with Gasteiger partial charge in [-0.3, -0.25) is 15.0 Å². The van der Waals surface area contributed by atoms with E-state index >= 15 is 0 Å². The Hall–Kier alpha value is -2.92. The molecule has 1 aliphatic rings. The maximum absolute atomic E-state index is 12.5. The fourth-order valence-electron chi connectivity index (χ4n) is 3.19. The van der Waals surface area contributed by atoms with Crippen LogP contribution in [0, 0.1) is 0 Å². The van der Waals surface area contributed by atoms with Crippen molar-refractivity contribution in [3.05, 3.63) is 77.9 Å². The number of nitrogens with one attached hydrogen (secondary N) is 1. The predicted molar refractivity (Wildman–Crippen MR) is 97.5 cm³/mol. The smallest absolute Gasteiger partial charge is 0.318 e. The van der Waals surface area contributed by atoms with E-state index in [2.05, 4.69) is 28.4 Å². The zero-order valence-corrected chi connectivity index (χ0v) is 13.9. The van der Waals surface area contributed by atoms with Gasteiger partial charge in [0, 0.05) is 13.1 Å². The van der Waals surface area contributed by atoms with Gasteiger partial charge < -0.3 is 5.73 Å². The SMILES string of the molecule is NC(=O)NC(=O)[C@H](c1ccccc1)N1CC=C(c2ccccc2)CC1. The highest BCUT2D eigenvalue weighted by atomic mass is 16.2. The second kappa shape index (κ2) is 7.77. The van der Waals surface area contributed by atoms with Crippen LogP contribution in [0.15, 0.2) is 66.7 Å². The maximum Gasteiger partial charge on any atom is 0.318 e. The highest BCUT2D eigenvalue weighted by Crippen LogP contribution is 2.28. The third-order valence-electron chi connectivity index (χ3n) is 4.36. The van der Waals surface area contributed by atoms with Gasteiger partial charge in [0.2, 0.25) is 5.91 Å². The molecule has 2 aromatic carbocycles. The minimum atomic E-state index is -0.830. The average molecular weight is 335 g/mol. The van der Waals surface area contributed by atoms with Crippen molar-refractivity contribution >= 4 is 17.5 Å². The summed E-state index contributed by atoms with van der Waals surface area (Å²) < 4.78 is 0. The molecule has 0 aromatic heterocycles. The number of urea groups is 1. The molecule has 0 saturated carbocycles. The Morgan fingerprint density at radius 1 is 1.00 bits per heavy atom. The number of benzene rings is 2. The molecule has 3 rings (SSSR count). The zero-order chi connectivity index (χ0) is 17.6. The topological polar surface area (TPSA) is 75.4 Å². The molecule has 2 aromatic rings. The predicted octanol–water partition coefficient (Wildman–Crippen LogP) is 2.71. The average Bonchev–Trinajstić information content (AvgIpc) is 2.63. The van der Waals surface area contributed by atoms with E-state index in [9.17, 15) is 9.59 Å². The summed E-state index contributed by atoms with van der Waals surface area (Å²) in [5.74, 6) is -0.393. The summed E-state index contributed by atoms with van der Waals surface area (Å²) in [6.45, 7) is 1.36. The first-order valence-electron chi connectivity index (χ1n) is 8.29. The highest BCUT2D eigenvalue weighted by molar-refractivity contribution is 5.96. The van der Waals surface area contributed by atoms with Crippen LogP contribution in [-0.4, -0.2) is 29.9 Å². The van der Waals surface area contributed by atoms with Crippen LogP contribution in [0.4, 0.5) is 4.79 Å². The molecule has 5 nitrogen and oxygen atoms in total. The van der Waals surface area contributed by atoms with Crippen molar-refractivity contribution in [3.63, 3.8) is 0 Å². The van der Waals surface area contributed by atoms with E-state index in [1.165, 1.54) is 11.1 Å². The van der Waals surface area contributed by atoms with Crippen molar-refractivity contribution < 1.29 is 9.59 Å². The van der Waals surface area contributed by atoms with Crippen LogP contribution in [0.1, 0.15) is 23.6 Å². The summed E-state index contributed by atoms with van der Waals surface area (Å²) in [5.41, 5.74) is 8.47. The van der Waals surface area contributed by atoms with Crippen molar-refractivity contribution in [2.24, 2.45) is 5.73 Å². The number of nitrogens with zero attached hydrogens (tertiary/aromatic N) is 1. The first-order valence-corrected chi connectivity index (χ1v) is 8.29. The molecule has 0 radical (unpaired) electrons. The summed E-state index contributed by atoms with van der Waals surface area (Å²) >= 11 is 0. The molecule has 0 fully saturated rings. The van der Waals surface area contributed by atoms with Crippen molar-refractivity contribution in [1.29, 1.82) is 0 Å². The van der Waals surface area contributed by atoms with E-state index in [1.54, 1.807) is 0 Å². The van der Waals surface area contributed by atoms with Crippen LogP contribution >= 0.6 is 0 Å².